The van der Waals surface area contributed by atoms with E-state index < -0.39 is 21.7 Å². The van der Waals surface area contributed by atoms with Crippen molar-refractivity contribution in [1.29, 1.82) is 0 Å². The summed E-state index contributed by atoms with van der Waals surface area (Å²) >= 11 is 0. The second-order valence-electron chi connectivity index (χ2n) is 7.67. The van der Waals surface area contributed by atoms with Crippen molar-refractivity contribution in [1.82, 2.24) is 0 Å². The van der Waals surface area contributed by atoms with Gasteiger partial charge in [-0.1, -0.05) is 18.2 Å². The lowest BCUT2D eigenvalue weighted by molar-refractivity contribution is 0.102. The molecule has 0 aliphatic rings. The number of benzene rings is 3. The third-order valence-electron chi connectivity index (χ3n) is 5.42. The Morgan fingerprint density at radius 1 is 1.00 bits per heavy atom. The number of carbonyl (C=O) groups is 1. The first-order valence-electron chi connectivity index (χ1n) is 10.5. The quantitative estimate of drug-likeness (QED) is 0.499. The lowest BCUT2D eigenvalue weighted by Gasteiger charge is -2.25. The maximum Gasteiger partial charge on any atom is 0.259 e. The van der Waals surface area contributed by atoms with Crippen LogP contribution in [0.2, 0.25) is 0 Å². The highest BCUT2D eigenvalue weighted by Gasteiger charge is 2.21. The third-order valence-corrected chi connectivity index (χ3v) is 7.16. The predicted octanol–water partition coefficient (Wildman–Crippen LogP) is 5.06. The van der Waals surface area contributed by atoms with Gasteiger partial charge in [-0.2, -0.15) is 0 Å². The number of rotatable bonds is 8. The molecule has 33 heavy (non-hydrogen) atoms. The average molecular weight is 471 g/mol. The lowest BCUT2D eigenvalue weighted by atomic mass is 10.1. The van der Waals surface area contributed by atoms with Gasteiger partial charge in [-0.05, 0) is 79.9 Å². The molecule has 0 saturated heterocycles. The van der Waals surface area contributed by atoms with Crippen LogP contribution in [0.3, 0.4) is 0 Å². The summed E-state index contributed by atoms with van der Waals surface area (Å²) in [4.78, 5) is 12.6. The molecule has 0 aliphatic heterocycles. The Labute approximate surface area is 194 Å². The normalized spacial score (nSPS) is 11.2. The number of carbonyl (C=O) groups excluding carboxylic acids is 1. The van der Waals surface area contributed by atoms with Gasteiger partial charge >= 0.3 is 0 Å². The first-order valence-corrected chi connectivity index (χ1v) is 12.1. The van der Waals surface area contributed by atoms with E-state index in [1.165, 1.54) is 23.5 Å². The number of hydrogen-bond donors (Lipinski definition) is 1. The van der Waals surface area contributed by atoms with Gasteiger partial charge in [-0.3, -0.25) is 9.10 Å². The molecule has 0 bridgehead atoms. The highest BCUT2D eigenvalue weighted by atomic mass is 32.2. The van der Waals surface area contributed by atoms with E-state index >= 15 is 0 Å². The van der Waals surface area contributed by atoms with Crippen LogP contribution in [0.1, 0.15) is 34.0 Å². The van der Waals surface area contributed by atoms with Gasteiger partial charge in [0.2, 0.25) is 10.0 Å². The predicted molar refractivity (Wildman–Crippen MR) is 129 cm³/mol. The van der Waals surface area contributed by atoms with Crippen molar-refractivity contribution >= 4 is 27.3 Å². The Hall–Kier alpha value is -3.39. The van der Waals surface area contributed by atoms with Gasteiger partial charge in [-0.25, -0.2) is 12.8 Å². The Morgan fingerprint density at radius 2 is 1.70 bits per heavy atom. The van der Waals surface area contributed by atoms with Crippen molar-refractivity contribution in [3.8, 4) is 5.75 Å². The van der Waals surface area contributed by atoms with Crippen LogP contribution in [0.25, 0.3) is 0 Å². The number of ether oxygens (including phenoxy) is 1. The number of nitrogens with one attached hydrogen (secondary N) is 1. The number of nitrogens with zero attached hydrogens (tertiary/aromatic N) is 1. The second kappa shape index (κ2) is 10.0. The summed E-state index contributed by atoms with van der Waals surface area (Å²) in [5.41, 5.74) is 4.03. The zero-order valence-electron chi connectivity index (χ0n) is 19.1. The molecular weight excluding hydrogens is 443 g/mol. The molecule has 3 aromatic carbocycles. The van der Waals surface area contributed by atoms with E-state index in [0.717, 1.165) is 22.8 Å². The molecule has 0 radical (unpaired) electrons. The van der Waals surface area contributed by atoms with Crippen molar-refractivity contribution in [2.24, 2.45) is 0 Å². The molecule has 0 unspecified atom stereocenters. The maximum atomic E-state index is 13.6. The number of sulfonamides is 1. The van der Waals surface area contributed by atoms with Gasteiger partial charge in [0.1, 0.15) is 11.6 Å². The fourth-order valence-corrected chi connectivity index (χ4v) is 4.39. The number of amides is 1. The van der Waals surface area contributed by atoms with Crippen LogP contribution in [0, 0.1) is 19.7 Å². The highest BCUT2D eigenvalue weighted by molar-refractivity contribution is 7.92. The number of halogens is 1. The van der Waals surface area contributed by atoms with Gasteiger partial charge in [0.15, 0.2) is 0 Å². The molecule has 0 aliphatic carbocycles. The fourth-order valence-electron chi connectivity index (χ4n) is 3.30. The molecule has 0 aromatic heterocycles. The van der Waals surface area contributed by atoms with Crippen LogP contribution in [-0.4, -0.2) is 27.2 Å². The summed E-state index contributed by atoms with van der Waals surface area (Å²) < 4.78 is 45.7. The van der Waals surface area contributed by atoms with Crippen molar-refractivity contribution in [3.63, 3.8) is 0 Å². The molecule has 0 atom stereocenters. The van der Waals surface area contributed by atoms with Crippen LogP contribution >= 0.6 is 0 Å². The Kier molecular flexibility index (Phi) is 7.38. The summed E-state index contributed by atoms with van der Waals surface area (Å²) in [5, 5.41) is 2.71. The van der Waals surface area contributed by atoms with Crippen LogP contribution in [0.4, 0.5) is 15.8 Å². The molecule has 0 saturated carbocycles. The number of hydrogen-bond acceptors (Lipinski definition) is 4. The molecule has 1 N–H and O–H groups in total. The number of aryl methyl sites for hydroxylation is 2. The molecule has 8 heteroatoms. The van der Waals surface area contributed by atoms with E-state index in [2.05, 4.69) is 5.32 Å². The van der Waals surface area contributed by atoms with Crippen molar-refractivity contribution in [2.45, 2.75) is 27.3 Å². The molecule has 1 amide bonds. The first kappa shape index (κ1) is 24.3. The Balaban J connectivity index is 1.81. The second-order valence-corrected chi connectivity index (χ2v) is 9.85. The van der Waals surface area contributed by atoms with Crippen LogP contribution < -0.4 is 14.4 Å². The summed E-state index contributed by atoms with van der Waals surface area (Å²) in [6.45, 7) is 5.69. The SMILES string of the molecule is CCS(=O)(=O)N(Cc1ccc(NC(=O)c2cc(F)ccc2OC)cc1)c1ccc(C)c(C)c1. The fraction of sp³-hybridized carbons (Fsp3) is 0.240. The first-order chi connectivity index (χ1) is 15.6. The zero-order chi connectivity index (χ0) is 24.2. The third kappa shape index (κ3) is 5.70. The monoisotopic (exact) mass is 470 g/mol. The Morgan fingerprint density at radius 3 is 2.30 bits per heavy atom. The summed E-state index contributed by atoms with van der Waals surface area (Å²) in [7, 11) is -2.10. The molecule has 0 fully saturated rings. The van der Waals surface area contributed by atoms with Gasteiger partial charge in [0, 0.05) is 5.69 Å². The van der Waals surface area contributed by atoms with Crippen LogP contribution in [0.15, 0.2) is 60.7 Å². The molecule has 6 nitrogen and oxygen atoms in total. The zero-order valence-corrected chi connectivity index (χ0v) is 19.9. The minimum absolute atomic E-state index is 0.0243. The maximum absolute atomic E-state index is 13.6. The van der Waals surface area contributed by atoms with Gasteiger partial charge in [0.05, 0.1) is 30.7 Å². The average Bonchev–Trinajstić information content (AvgIpc) is 2.80. The van der Waals surface area contributed by atoms with Crippen molar-refractivity contribution < 1.29 is 22.3 Å². The van der Waals surface area contributed by atoms with Gasteiger partial charge in [-0.15, -0.1) is 0 Å². The molecule has 0 heterocycles. The lowest BCUT2D eigenvalue weighted by Crippen LogP contribution is -2.32. The van der Waals surface area contributed by atoms with E-state index in [1.807, 2.05) is 26.0 Å². The van der Waals surface area contributed by atoms with E-state index in [-0.39, 0.29) is 23.6 Å². The summed E-state index contributed by atoms with van der Waals surface area (Å²) in [5.74, 6) is -0.813. The van der Waals surface area contributed by atoms with Crippen molar-refractivity contribution in [3.05, 3.63) is 88.7 Å². The van der Waals surface area contributed by atoms with E-state index in [1.54, 1.807) is 37.3 Å². The molecule has 3 rings (SSSR count). The topological polar surface area (TPSA) is 75.7 Å². The smallest absolute Gasteiger partial charge is 0.259 e. The molecular formula is C25H27FN2O4S. The van der Waals surface area contributed by atoms with Crippen LogP contribution in [0.5, 0.6) is 5.75 Å². The highest BCUT2D eigenvalue weighted by Crippen LogP contribution is 2.25. The van der Waals surface area contributed by atoms with E-state index in [0.29, 0.717) is 11.4 Å². The van der Waals surface area contributed by atoms with Gasteiger partial charge in [0.25, 0.3) is 5.91 Å². The van der Waals surface area contributed by atoms with E-state index in [4.69, 9.17) is 4.74 Å². The molecule has 3 aromatic rings. The summed E-state index contributed by atoms with van der Waals surface area (Å²) in [6.07, 6.45) is 0. The molecule has 0 spiro atoms. The number of anilines is 2. The van der Waals surface area contributed by atoms with E-state index in [9.17, 15) is 17.6 Å². The van der Waals surface area contributed by atoms with Crippen LogP contribution in [-0.2, 0) is 16.6 Å². The minimum Gasteiger partial charge on any atom is -0.496 e. The Bertz CT molecular complexity index is 1260. The van der Waals surface area contributed by atoms with Gasteiger partial charge < -0.3 is 10.1 Å². The molecule has 174 valence electrons. The number of methoxy groups -OCH3 is 1. The standard InChI is InChI=1S/C25H27FN2O4S/c1-5-33(30,31)28(22-12-6-17(2)18(3)14-22)16-19-7-10-21(11-8-19)27-25(29)23-15-20(26)9-13-24(23)32-4/h6-15H,5,16H2,1-4H3,(H,27,29). The summed E-state index contributed by atoms with van der Waals surface area (Å²) in [6, 6.07) is 16.1. The van der Waals surface area contributed by atoms with Crippen molar-refractivity contribution in [2.75, 3.05) is 22.5 Å². The largest absolute Gasteiger partial charge is 0.496 e. The minimum atomic E-state index is -3.50.